The zero-order valence-electron chi connectivity index (χ0n) is 15.1. The third-order valence-electron chi connectivity index (χ3n) is 4.76. The summed E-state index contributed by atoms with van der Waals surface area (Å²) in [5.41, 5.74) is 8.88. The molecule has 1 aliphatic heterocycles. The summed E-state index contributed by atoms with van der Waals surface area (Å²) in [6.45, 7) is 1.38. The van der Waals surface area contributed by atoms with Crippen molar-refractivity contribution in [3.8, 4) is 17.0 Å². The summed E-state index contributed by atoms with van der Waals surface area (Å²) in [5.74, 6) is -0.0257. The molecule has 7 heteroatoms. The Kier molecular flexibility index (Phi) is 5.12. The van der Waals surface area contributed by atoms with E-state index in [1.807, 2.05) is 30.3 Å². The molecule has 0 unspecified atom stereocenters. The molecule has 0 saturated carbocycles. The van der Waals surface area contributed by atoms with Crippen LogP contribution in [-0.2, 0) is 0 Å². The van der Waals surface area contributed by atoms with E-state index in [0.717, 1.165) is 29.8 Å². The van der Waals surface area contributed by atoms with Gasteiger partial charge in [-0.1, -0.05) is 17.7 Å². The van der Waals surface area contributed by atoms with E-state index in [1.165, 1.54) is 0 Å². The van der Waals surface area contributed by atoms with Crippen molar-refractivity contribution < 1.29 is 9.53 Å². The number of aromatic nitrogens is 2. The molecular weight excluding hydrogens is 376 g/mol. The summed E-state index contributed by atoms with van der Waals surface area (Å²) in [7, 11) is 0. The molecule has 1 saturated heterocycles. The molecule has 2 N–H and O–H groups in total. The van der Waals surface area contributed by atoms with Crippen molar-refractivity contribution >= 4 is 23.2 Å². The molecule has 2 aromatic heterocycles. The lowest BCUT2D eigenvalue weighted by molar-refractivity contribution is 0.100. The summed E-state index contributed by atoms with van der Waals surface area (Å²) >= 11 is 6.13. The average molecular weight is 395 g/mol. The molecule has 0 bridgehead atoms. The number of rotatable bonds is 5. The van der Waals surface area contributed by atoms with Gasteiger partial charge in [-0.3, -0.25) is 9.78 Å². The zero-order chi connectivity index (χ0) is 19.5. The van der Waals surface area contributed by atoms with Crippen LogP contribution in [0.1, 0.15) is 16.8 Å². The predicted molar refractivity (Wildman–Crippen MR) is 109 cm³/mol. The first kappa shape index (κ1) is 18.3. The molecule has 1 aliphatic rings. The van der Waals surface area contributed by atoms with Gasteiger partial charge in [0.15, 0.2) is 0 Å². The van der Waals surface area contributed by atoms with Crippen LogP contribution < -0.4 is 15.4 Å². The Labute approximate surface area is 167 Å². The van der Waals surface area contributed by atoms with Crippen molar-refractivity contribution in [3.63, 3.8) is 0 Å². The number of anilines is 1. The molecule has 0 radical (unpaired) electrons. The molecule has 3 aromatic rings. The van der Waals surface area contributed by atoms with Crippen molar-refractivity contribution in [1.82, 2.24) is 9.97 Å². The standard InChI is InChI=1S/C21H19ClN4O2/c22-18-2-1-8-25-21(18)28-16-7-11-26(13-16)19-4-3-15(12-17(19)20(23)27)14-5-9-24-10-6-14/h1-6,8-10,12,16H,7,11,13H2,(H2,23,27)/t16-/m0/s1. The van der Waals surface area contributed by atoms with Gasteiger partial charge >= 0.3 is 0 Å². The van der Waals surface area contributed by atoms with E-state index >= 15 is 0 Å². The monoisotopic (exact) mass is 394 g/mol. The lowest BCUT2D eigenvalue weighted by atomic mass is 10.0. The van der Waals surface area contributed by atoms with Crippen molar-refractivity contribution in [3.05, 3.63) is 71.6 Å². The number of pyridine rings is 2. The number of ether oxygens (including phenoxy) is 1. The Balaban J connectivity index is 1.56. The van der Waals surface area contributed by atoms with Crippen LogP contribution in [-0.4, -0.2) is 35.1 Å². The summed E-state index contributed by atoms with van der Waals surface area (Å²) in [6.07, 6.45) is 5.83. The molecule has 1 atom stereocenters. The van der Waals surface area contributed by atoms with Crippen LogP contribution in [0.3, 0.4) is 0 Å². The lowest BCUT2D eigenvalue weighted by Crippen LogP contribution is -2.27. The Morgan fingerprint density at radius 1 is 1.14 bits per heavy atom. The lowest BCUT2D eigenvalue weighted by Gasteiger charge is -2.22. The van der Waals surface area contributed by atoms with Crippen molar-refractivity contribution in [2.24, 2.45) is 5.73 Å². The number of nitrogens with zero attached hydrogens (tertiary/aromatic N) is 3. The number of benzene rings is 1. The quantitative estimate of drug-likeness (QED) is 0.715. The summed E-state index contributed by atoms with van der Waals surface area (Å²) < 4.78 is 5.94. The minimum atomic E-state index is -0.456. The molecule has 6 nitrogen and oxygen atoms in total. The number of amides is 1. The van der Waals surface area contributed by atoms with E-state index in [4.69, 9.17) is 22.1 Å². The third-order valence-corrected chi connectivity index (χ3v) is 5.05. The summed E-state index contributed by atoms with van der Waals surface area (Å²) in [6, 6.07) is 13.1. The van der Waals surface area contributed by atoms with E-state index in [9.17, 15) is 4.79 Å². The highest BCUT2D eigenvalue weighted by atomic mass is 35.5. The smallest absolute Gasteiger partial charge is 0.250 e. The van der Waals surface area contributed by atoms with E-state index in [-0.39, 0.29) is 6.10 Å². The van der Waals surface area contributed by atoms with Crippen molar-refractivity contribution in [1.29, 1.82) is 0 Å². The second-order valence-corrected chi connectivity index (χ2v) is 7.00. The van der Waals surface area contributed by atoms with Crippen LogP contribution in [0.4, 0.5) is 5.69 Å². The van der Waals surface area contributed by atoms with Gasteiger partial charge in [0.1, 0.15) is 11.1 Å². The number of primary amides is 1. The number of nitrogens with two attached hydrogens (primary N) is 1. The molecule has 4 rings (SSSR count). The number of carbonyl (C=O) groups is 1. The maximum Gasteiger partial charge on any atom is 0.250 e. The third kappa shape index (κ3) is 3.77. The van der Waals surface area contributed by atoms with Gasteiger partial charge in [-0.25, -0.2) is 4.98 Å². The first-order valence-corrected chi connectivity index (χ1v) is 9.36. The highest BCUT2D eigenvalue weighted by Gasteiger charge is 2.27. The molecule has 0 spiro atoms. The normalized spacial score (nSPS) is 16.2. The number of hydrogen-bond acceptors (Lipinski definition) is 5. The van der Waals surface area contributed by atoms with Crippen LogP contribution >= 0.6 is 11.6 Å². The summed E-state index contributed by atoms with van der Waals surface area (Å²) in [5, 5.41) is 0.487. The second-order valence-electron chi connectivity index (χ2n) is 6.60. The van der Waals surface area contributed by atoms with Gasteiger partial charge in [-0.2, -0.15) is 0 Å². The van der Waals surface area contributed by atoms with E-state index in [0.29, 0.717) is 23.0 Å². The Bertz CT molecular complexity index is 997. The van der Waals surface area contributed by atoms with Gasteiger partial charge in [0.2, 0.25) is 5.88 Å². The second kappa shape index (κ2) is 7.86. The van der Waals surface area contributed by atoms with Crippen LogP contribution in [0.5, 0.6) is 5.88 Å². The molecule has 142 valence electrons. The van der Waals surface area contributed by atoms with E-state index in [1.54, 1.807) is 30.7 Å². The SMILES string of the molecule is NC(=O)c1cc(-c2ccncc2)ccc1N1CC[C@H](Oc2ncccc2Cl)C1. The van der Waals surface area contributed by atoms with Crippen LogP contribution in [0.25, 0.3) is 11.1 Å². The highest BCUT2D eigenvalue weighted by molar-refractivity contribution is 6.31. The van der Waals surface area contributed by atoms with Crippen LogP contribution in [0.15, 0.2) is 61.1 Å². The fraction of sp³-hybridized carbons (Fsp3) is 0.190. The van der Waals surface area contributed by atoms with Gasteiger partial charge in [0, 0.05) is 37.2 Å². The fourth-order valence-electron chi connectivity index (χ4n) is 3.39. The van der Waals surface area contributed by atoms with Crippen LogP contribution in [0.2, 0.25) is 5.02 Å². The Morgan fingerprint density at radius 2 is 1.96 bits per heavy atom. The summed E-state index contributed by atoms with van der Waals surface area (Å²) in [4.78, 5) is 22.4. The minimum absolute atomic E-state index is 0.0620. The first-order valence-electron chi connectivity index (χ1n) is 8.98. The zero-order valence-corrected chi connectivity index (χ0v) is 15.8. The maximum absolute atomic E-state index is 12.1. The van der Waals surface area contributed by atoms with Gasteiger partial charge < -0.3 is 15.4 Å². The minimum Gasteiger partial charge on any atom is -0.471 e. The molecule has 0 aliphatic carbocycles. The predicted octanol–water partition coefficient (Wildman–Crippen LogP) is 3.55. The topological polar surface area (TPSA) is 81.3 Å². The molecule has 1 aromatic carbocycles. The maximum atomic E-state index is 12.1. The van der Waals surface area contributed by atoms with E-state index < -0.39 is 5.91 Å². The van der Waals surface area contributed by atoms with Gasteiger partial charge in [-0.05, 0) is 47.5 Å². The van der Waals surface area contributed by atoms with Gasteiger partial charge in [0.05, 0.1) is 12.1 Å². The van der Waals surface area contributed by atoms with Gasteiger partial charge in [-0.15, -0.1) is 0 Å². The van der Waals surface area contributed by atoms with Crippen molar-refractivity contribution in [2.45, 2.75) is 12.5 Å². The molecule has 3 heterocycles. The molecule has 1 amide bonds. The molecule has 1 fully saturated rings. The number of carbonyl (C=O) groups excluding carboxylic acids is 1. The molecule has 28 heavy (non-hydrogen) atoms. The largest absolute Gasteiger partial charge is 0.471 e. The average Bonchev–Trinajstić information content (AvgIpc) is 3.18. The number of halogens is 1. The van der Waals surface area contributed by atoms with Gasteiger partial charge in [0.25, 0.3) is 5.91 Å². The van der Waals surface area contributed by atoms with Crippen LogP contribution in [0, 0.1) is 0 Å². The fourth-order valence-corrected chi connectivity index (χ4v) is 3.56. The van der Waals surface area contributed by atoms with E-state index in [2.05, 4.69) is 14.9 Å². The molecular formula is C21H19ClN4O2. The number of hydrogen-bond donors (Lipinski definition) is 1. The Morgan fingerprint density at radius 3 is 2.71 bits per heavy atom. The first-order chi connectivity index (χ1) is 13.6. The Hall–Kier alpha value is -3.12. The van der Waals surface area contributed by atoms with Crippen molar-refractivity contribution in [2.75, 3.05) is 18.0 Å². The highest BCUT2D eigenvalue weighted by Crippen LogP contribution is 2.31.